The SMILES string of the molecule is O=c1cnnc(NN=Cc2cccc(Br)c2)[nH]1. The van der Waals surface area contributed by atoms with E-state index in [2.05, 4.69) is 41.6 Å². The fourth-order valence-electron chi connectivity index (χ4n) is 1.12. The van der Waals surface area contributed by atoms with Crippen molar-refractivity contribution in [2.75, 3.05) is 5.43 Å². The van der Waals surface area contributed by atoms with Gasteiger partial charge in [0.15, 0.2) is 0 Å². The predicted octanol–water partition coefficient (Wildman–Crippen LogP) is 1.37. The average Bonchev–Trinajstić information content (AvgIpc) is 2.29. The number of aromatic amines is 1. The van der Waals surface area contributed by atoms with E-state index < -0.39 is 0 Å². The molecule has 7 heteroatoms. The van der Waals surface area contributed by atoms with E-state index >= 15 is 0 Å². The normalized spacial score (nSPS) is 10.6. The monoisotopic (exact) mass is 293 g/mol. The molecular formula is C10H8BrN5O. The minimum absolute atomic E-state index is 0.198. The summed E-state index contributed by atoms with van der Waals surface area (Å²) < 4.78 is 0.967. The van der Waals surface area contributed by atoms with Gasteiger partial charge in [-0.2, -0.15) is 5.10 Å². The van der Waals surface area contributed by atoms with E-state index in [9.17, 15) is 4.79 Å². The van der Waals surface area contributed by atoms with Gasteiger partial charge in [0.25, 0.3) is 5.56 Å². The number of benzene rings is 1. The summed E-state index contributed by atoms with van der Waals surface area (Å²) in [5.74, 6) is 0.198. The van der Waals surface area contributed by atoms with Gasteiger partial charge in [0.1, 0.15) is 6.20 Å². The molecule has 1 heterocycles. The first-order chi connectivity index (χ1) is 8.24. The van der Waals surface area contributed by atoms with E-state index in [1.807, 2.05) is 24.3 Å². The van der Waals surface area contributed by atoms with E-state index in [0.29, 0.717) is 0 Å². The molecule has 86 valence electrons. The number of hydrogen-bond acceptors (Lipinski definition) is 5. The first kappa shape index (κ1) is 11.5. The Kier molecular flexibility index (Phi) is 3.61. The van der Waals surface area contributed by atoms with Crippen molar-refractivity contribution in [1.29, 1.82) is 0 Å². The molecule has 2 N–H and O–H groups in total. The van der Waals surface area contributed by atoms with Crippen LogP contribution in [0.1, 0.15) is 5.56 Å². The van der Waals surface area contributed by atoms with Gasteiger partial charge < -0.3 is 0 Å². The Hall–Kier alpha value is -2.02. The van der Waals surface area contributed by atoms with Gasteiger partial charge in [0, 0.05) is 4.47 Å². The van der Waals surface area contributed by atoms with Crippen LogP contribution < -0.4 is 11.0 Å². The molecule has 1 aromatic carbocycles. The molecule has 0 aliphatic rings. The molecule has 0 spiro atoms. The molecule has 1 aromatic heterocycles. The number of halogens is 1. The Morgan fingerprint density at radius 1 is 1.47 bits per heavy atom. The van der Waals surface area contributed by atoms with Crippen LogP contribution in [0.2, 0.25) is 0 Å². The van der Waals surface area contributed by atoms with Crippen molar-refractivity contribution in [3.63, 3.8) is 0 Å². The fraction of sp³-hybridized carbons (Fsp3) is 0. The van der Waals surface area contributed by atoms with Crippen LogP contribution in [-0.4, -0.2) is 21.4 Å². The van der Waals surface area contributed by atoms with Crippen molar-refractivity contribution in [3.8, 4) is 0 Å². The minimum atomic E-state index is -0.333. The maximum absolute atomic E-state index is 10.9. The van der Waals surface area contributed by atoms with Gasteiger partial charge in [-0.1, -0.05) is 28.1 Å². The van der Waals surface area contributed by atoms with E-state index in [1.165, 1.54) is 0 Å². The molecular weight excluding hydrogens is 286 g/mol. The third kappa shape index (κ3) is 3.49. The van der Waals surface area contributed by atoms with E-state index in [0.717, 1.165) is 16.2 Å². The molecule has 0 aliphatic heterocycles. The van der Waals surface area contributed by atoms with Gasteiger partial charge in [0.05, 0.1) is 6.21 Å². The Morgan fingerprint density at radius 3 is 3.12 bits per heavy atom. The fourth-order valence-corrected chi connectivity index (χ4v) is 1.54. The second-order valence-electron chi connectivity index (χ2n) is 3.11. The number of hydrazone groups is 1. The van der Waals surface area contributed by atoms with Crippen LogP contribution in [-0.2, 0) is 0 Å². The van der Waals surface area contributed by atoms with Gasteiger partial charge in [0.2, 0.25) is 5.95 Å². The molecule has 0 fully saturated rings. The zero-order valence-electron chi connectivity index (χ0n) is 8.59. The van der Waals surface area contributed by atoms with Crippen LogP contribution in [0.5, 0.6) is 0 Å². The van der Waals surface area contributed by atoms with Gasteiger partial charge >= 0.3 is 0 Å². The number of nitrogens with one attached hydrogen (secondary N) is 2. The number of anilines is 1. The minimum Gasteiger partial charge on any atom is -0.289 e. The first-order valence-electron chi connectivity index (χ1n) is 4.71. The van der Waals surface area contributed by atoms with Crippen molar-refractivity contribution in [2.45, 2.75) is 0 Å². The van der Waals surface area contributed by atoms with E-state index in [-0.39, 0.29) is 11.5 Å². The second kappa shape index (κ2) is 5.35. The molecule has 0 atom stereocenters. The summed E-state index contributed by atoms with van der Waals surface area (Å²) in [6.07, 6.45) is 2.70. The van der Waals surface area contributed by atoms with Gasteiger partial charge in [-0.25, -0.2) is 5.43 Å². The van der Waals surface area contributed by atoms with Crippen LogP contribution in [0.4, 0.5) is 5.95 Å². The van der Waals surface area contributed by atoms with Crippen LogP contribution in [0.25, 0.3) is 0 Å². The number of nitrogens with zero attached hydrogens (tertiary/aromatic N) is 3. The summed E-state index contributed by atoms with van der Waals surface area (Å²) in [6.45, 7) is 0. The molecule has 0 radical (unpaired) electrons. The highest BCUT2D eigenvalue weighted by Crippen LogP contribution is 2.09. The average molecular weight is 294 g/mol. The summed E-state index contributed by atoms with van der Waals surface area (Å²) >= 11 is 3.36. The van der Waals surface area contributed by atoms with E-state index in [4.69, 9.17) is 0 Å². The number of H-pyrrole nitrogens is 1. The quantitative estimate of drug-likeness (QED) is 0.661. The van der Waals surface area contributed by atoms with Crippen LogP contribution >= 0.6 is 15.9 Å². The first-order valence-corrected chi connectivity index (χ1v) is 5.50. The standard InChI is InChI=1S/C10H8BrN5O/c11-8-3-1-2-7(4-8)5-12-15-10-14-9(17)6-13-16-10/h1-6H,(H2,14,15,16,17). The topological polar surface area (TPSA) is 83.0 Å². The molecule has 6 nitrogen and oxygen atoms in total. The van der Waals surface area contributed by atoms with E-state index in [1.54, 1.807) is 6.21 Å². The van der Waals surface area contributed by atoms with Gasteiger partial charge in [-0.05, 0) is 17.7 Å². The lowest BCUT2D eigenvalue weighted by molar-refractivity contribution is 0.939. The Balaban J connectivity index is 2.05. The molecule has 0 saturated carbocycles. The molecule has 17 heavy (non-hydrogen) atoms. The summed E-state index contributed by atoms with van der Waals surface area (Å²) in [7, 11) is 0. The molecule has 2 aromatic rings. The second-order valence-corrected chi connectivity index (χ2v) is 4.02. The lowest BCUT2D eigenvalue weighted by Gasteiger charge is -1.96. The summed E-state index contributed by atoms with van der Waals surface area (Å²) in [5.41, 5.74) is 3.16. The summed E-state index contributed by atoms with van der Waals surface area (Å²) in [6, 6.07) is 7.63. The predicted molar refractivity (Wildman–Crippen MR) is 68.0 cm³/mol. The third-order valence-corrected chi connectivity index (χ3v) is 2.30. The lowest BCUT2D eigenvalue weighted by Crippen LogP contribution is -2.10. The molecule has 0 bridgehead atoms. The summed E-state index contributed by atoms with van der Waals surface area (Å²) in [5, 5.41) is 11.1. The Morgan fingerprint density at radius 2 is 2.35 bits per heavy atom. The highest BCUT2D eigenvalue weighted by atomic mass is 79.9. The number of aromatic nitrogens is 3. The smallest absolute Gasteiger partial charge is 0.271 e. The molecule has 0 amide bonds. The number of hydrogen-bond donors (Lipinski definition) is 2. The van der Waals surface area contributed by atoms with Crippen LogP contribution in [0.15, 0.2) is 44.8 Å². The van der Waals surface area contributed by atoms with Crippen molar-refractivity contribution in [1.82, 2.24) is 15.2 Å². The molecule has 0 aliphatic carbocycles. The highest BCUT2D eigenvalue weighted by Gasteiger charge is 1.92. The molecule has 2 rings (SSSR count). The van der Waals surface area contributed by atoms with Crippen LogP contribution in [0, 0.1) is 0 Å². The van der Waals surface area contributed by atoms with Gasteiger partial charge in [-0.3, -0.25) is 9.78 Å². The Bertz CT molecular complexity index is 595. The zero-order valence-corrected chi connectivity index (χ0v) is 10.2. The largest absolute Gasteiger partial charge is 0.289 e. The van der Waals surface area contributed by atoms with Crippen molar-refractivity contribution < 1.29 is 0 Å². The van der Waals surface area contributed by atoms with Crippen LogP contribution in [0.3, 0.4) is 0 Å². The molecule has 0 saturated heterocycles. The zero-order chi connectivity index (χ0) is 12.1. The lowest BCUT2D eigenvalue weighted by atomic mass is 10.2. The highest BCUT2D eigenvalue weighted by molar-refractivity contribution is 9.10. The third-order valence-electron chi connectivity index (χ3n) is 1.81. The maximum atomic E-state index is 10.9. The number of rotatable bonds is 3. The Labute approximate surface area is 105 Å². The van der Waals surface area contributed by atoms with Crippen molar-refractivity contribution in [2.24, 2.45) is 5.10 Å². The van der Waals surface area contributed by atoms with Crippen molar-refractivity contribution in [3.05, 3.63) is 50.9 Å². The molecule has 0 unspecified atom stereocenters. The van der Waals surface area contributed by atoms with Gasteiger partial charge in [-0.15, -0.1) is 10.2 Å². The maximum Gasteiger partial charge on any atom is 0.271 e. The van der Waals surface area contributed by atoms with Crippen molar-refractivity contribution >= 4 is 28.1 Å². The summed E-state index contributed by atoms with van der Waals surface area (Å²) in [4.78, 5) is 13.4.